The van der Waals surface area contributed by atoms with Crippen molar-refractivity contribution >= 4 is 11.8 Å². The smallest absolute Gasteiger partial charge is 0.168 e. The SMILES string of the molecule is CC(C)CNC(C)c1nnnn1C1CCSC1. The fraction of sp³-hybridized carbons (Fsp3) is 0.909. The number of nitrogens with zero attached hydrogens (tertiary/aromatic N) is 4. The molecule has 1 fully saturated rings. The third kappa shape index (κ3) is 3.19. The minimum absolute atomic E-state index is 0.220. The molecule has 1 aromatic heterocycles. The number of hydrogen-bond donors (Lipinski definition) is 1. The second-order valence-corrected chi connectivity index (χ2v) is 6.17. The molecule has 0 amide bonds. The molecule has 1 aromatic rings. The topological polar surface area (TPSA) is 55.6 Å². The molecule has 1 N–H and O–H groups in total. The minimum Gasteiger partial charge on any atom is -0.307 e. The van der Waals surface area contributed by atoms with Crippen LogP contribution in [0.1, 0.15) is 45.1 Å². The molecule has 2 atom stereocenters. The van der Waals surface area contributed by atoms with Crippen LogP contribution in [0.4, 0.5) is 0 Å². The monoisotopic (exact) mass is 255 g/mol. The summed E-state index contributed by atoms with van der Waals surface area (Å²) in [4.78, 5) is 0. The molecule has 2 unspecified atom stereocenters. The van der Waals surface area contributed by atoms with Gasteiger partial charge in [-0.25, -0.2) is 4.68 Å². The number of hydrogen-bond acceptors (Lipinski definition) is 5. The van der Waals surface area contributed by atoms with Gasteiger partial charge in [-0.2, -0.15) is 11.8 Å². The lowest BCUT2D eigenvalue weighted by molar-refractivity contribution is 0.419. The van der Waals surface area contributed by atoms with Gasteiger partial charge in [0.05, 0.1) is 12.1 Å². The number of aromatic nitrogens is 4. The lowest BCUT2D eigenvalue weighted by atomic mass is 10.2. The molecule has 2 rings (SSSR count). The van der Waals surface area contributed by atoms with Gasteiger partial charge in [0.15, 0.2) is 5.82 Å². The van der Waals surface area contributed by atoms with E-state index in [1.807, 2.05) is 16.4 Å². The summed E-state index contributed by atoms with van der Waals surface area (Å²) in [6, 6.07) is 0.700. The van der Waals surface area contributed by atoms with Crippen molar-refractivity contribution < 1.29 is 0 Å². The molecule has 0 radical (unpaired) electrons. The second kappa shape index (κ2) is 5.82. The number of nitrogens with one attached hydrogen (secondary N) is 1. The van der Waals surface area contributed by atoms with Crippen LogP contribution in [0.2, 0.25) is 0 Å². The Bertz CT molecular complexity index is 345. The van der Waals surface area contributed by atoms with Crippen LogP contribution in [0.5, 0.6) is 0 Å². The van der Waals surface area contributed by atoms with Crippen molar-refractivity contribution in [1.29, 1.82) is 0 Å². The Labute approximate surface area is 107 Å². The van der Waals surface area contributed by atoms with Crippen LogP contribution in [0, 0.1) is 5.92 Å². The maximum atomic E-state index is 4.17. The summed E-state index contributed by atoms with van der Waals surface area (Å²) in [5.41, 5.74) is 0. The first-order valence-electron chi connectivity index (χ1n) is 6.27. The van der Waals surface area contributed by atoms with Crippen LogP contribution < -0.4 is 5.32 Å². The molecule has 96 valence electrons. The predicted octanol–water partition coefficient (Wildman–Crippen LogP) is 1.66. The zero-order valence-corrected chi connectivity index (χ0v) is 11.6. The Morgan fingerprint density at radius 1 is 1.47 bits per heavy atom. The quantitative estimate of drug-likeness (QED) is 0.867. The average molecular weight is 255 g/mol. The van der Waals surface area contributed by atoms with E-state index in [2.05, 4.69) is 41.6 Å². The van der Waals surface area contributed by atoms with E-state index in [1.54, 1.807) is 0 Å². The van der Waals surface area contributed by atoms with E-state index in [1.165, 1.54) is 12.2 Å². The van der Waals surface area contributed by atoms with Gasteiger partial charge >= 0.3 is 0 Å². The molecule has 5 nitrogen and oxygen atoms in total. The van der Waals surface area contributed by atoms with E-state index < -0.39 is 0 Å². The maximum absolute atomic E-state index is 4.17. The Morgan fingerprint density at radius 2 is 2.29 bits per heavy atom. The molecule has 1 aliphatic rings. The van der Waals surface area contributed by atoms with E-state index in [-0.39, 0.29) is 6.04 Å². The van der Waals surface area contributed by atoms with Crippen molar-refractivity contribution in [3.05, 3.63) is 5.82 Å². The largest absolute Gasteiger partial charge is 0.307 e. The number of rotatable bonds is 5. The average Bonchev–Trinajstić information content (AvgIpc) is 2.94. The summed E-state index contributed by atoms with van der Waals surface area (Å²) in [5.74, 6) is 3.97. The molecule has 0 bridgehead atoms. The summed E-state index contributed by atoms with van der Waals surface area (Å²) in [5, 5.41) is 15.6. The van der Waals surface area contributed by atoms with Gasteiger partial charge in [-0.05, 0) is 42.0 Å². The zero-order valence-electron chi connectivity index (χ0n) is 10.8. The van der Waals surface area contributed by atoms with Crippen LogP contribution in [-0.4, -0.2) is 38.3 Å². The minimum atomic E-state index is 0.220. The molecule has 6 heteroatoms. The highest BCUT2D eigenvalue weighted by Crippen LogP contribution is 2.28. The van der Waals surface area contributed by atoms with Gasteiger partial charge in [0.25, 0.3) is 0 Å². The first kappa shape index (κ1) is 12.8. The summed E-state index contributed by atoms with van der Waals surface area (Å²) in [6.45, 7) is 7.53. The Kier molecular flexibility index (Phi) is 4.39. The predicted molar refractivity (Wildman–Crippen MR) is 70.1 cm³/mol. The molecule has 0 spiro atoms. The van der Waals surface area contributed by atoms with Crippen molar-refractivity contribution in [1.82, 2.24) is 25.5 Å². The molecule has 1 aliphatic heterocycles. The Morgan fingerprint density at radius 3 is 2.94 bits per heavy atom. The van der Waals surface area contributed by atoms with Crippen LogP contribution in [0.3, 0.4) is 0 Å². The van der Waals surface area contributed by atoms with E-state index in [0.717, 1.165) is 18.1 Å². The van der Waals surface area contributed by atoms with Crippen LogP contribution in [0.15, 0.2) is 0 Å². The Balaban J connectivity index is 2.02. The lowest BCUT2D eigenvalue weighted by Crippen LogP contribution is -2.27. The highest BCUT2D eigenvalue weighted by atomic mass is 32.2. The molecular weight excluding hydrogens is 234 g/mol. The normalized spacial score (nSPS) is 22.2. The summed E-state index contributed by atoms with van der Waals surface area (Å²) in [7, 11) is 0. The lowest BCUT2D eigenvalue weighted by Gasteiger charge is -2.17. The standard InChI is InChI=1S/C11H21N5S/c1-8(2)6-12-9(3)11-13-14-15-16(11)10-4-5-17-7-10/h8-10,12H,4-7H2,1-3H3. The van der Waals surface area contributed by atoms with Gasteiger partial charge in [-0.3, -0.25) is 0 Å². The van der Waals surface area contributed by atoms with Crippen molar-refractivity contribution in [2.24, 2.45) is 5.92 Å². The molecule has 1 saturated heterocycles. The second-order valence-electron chi connectivity index (χ2n) is 5.02. The van der Waals surface area contributed by atoms with Gasteiger partial charge in [0.1, 0.15) is 0 Å². The van der Waals surface area contributed by atoms with Crippen LogP contribution in [-0.2, 0) is 0 Å². The van der Waals surface area contributed by atoms with E-state index in [4.69, 9.17) is 0 Å². The zero-order chi connectivity index (χ0) is 12.3. The highest BCUT2D eigenvalue weighted by Gasteiger charge is 2.24. The highest BCUT2D eigenvalue weighted by molar-refractivity contribution is 7.99. The van der Waals surface area contributed by atoms with Gasteiger partial charge < -0.3 is 5.32 Å². The molecule has 17 heavy (non-hydrogen) atoms. The number of thioether (sulfide) groups is 1. The number of tetrazole rings is 1. The van der Waals surface area contributed by atoms with Gasteiger partial charge in [-0.1, -0.05) is 13.8 Å². The third-order valence-electron chi connectivity index (χ3n) is 2.99. The van der Waals surface area contributed by atoms with Crippen LogP contribution >= 0.6 is 11.8 Å². The third-order valence-corrected chi connectivity index (χ3v) is 4.13. The first-order chi connectivity index (χ1) is 8.18. The van der Waals surface area contributed by atoms with Crippen LogP contribution in [0.25, 0.3) is 0 Å². The fourth-order valence-electron chi connectivity index (χ4n) is 1.96. The van der Waals surface area contributed by atoms with E-state index in [0.29, 0.717) is 12.0 Å². The van der Waals surface area contributed by atoms with Gasteiger partial charge in [0, 0.05) is 5.75 Å². The summed E-state index contributed by atoms with van der Waals surface area (Å²) < 4.78 is 2.01. The van der Waals surface area contributed by atoms with Gasteiger partial charge in [-0.15, -0.1) is 5.10 Å². The molecule has 2 heterocycles. The molecule has 0 aromatic carbocycles. The molecule has 0 saturated carbocycles. The molecular formula is C11H21N5S. The van der Waals surface area contributed by atoms with Crippen molar-refractivity contribution in [3.63, 3.8) is 0 Å². The first-order valence-corrected chi connectivity index (χ1v) is 7.43. The van der Waals surface area contributed by atoms with Crippen molar-refractivity contribution in [2.45, 2.75) is 39.3 Å². The summed E-state index contributed by atoms with van der Waals surface area (Å²) >= 11 is 1.98. The summed E-state index contributed by atoms with van der Waals surface area (Å²) in [6.07, 6.45) is 1.18. The van der Waals surface area contributed by atoms with E-state index >= 15 is 0 Å². The van der Waals surface area contributed by atoms with Crippen molar-refractivity contribution in [3.8, 4) is 0 Å². The van der Waals surface area contributed by atoms with E-state index in [9.17, 15) is 0 Å². The fourth-order valence-corrected chi connectivity index (χ4v) is 3.15. The maximum Gasteiger partial charge on any atom is 0.168 e. The van der Waals surface area contributed by atoms with Gasteiger partial charge in [0.2, 0.25) is 0 Å². The van der Waals surface area contributed by atoms with Crippen molar-refractivity contribution in [2.75, 3.05) is 18.1 Å². The Hall–Kier alpha value is -0.620. The molecule has 0 aliphatic carbocycles.